The van der Waals surface area contributed by atoms with Gasteiger partial charge in [-0.2, -0.15) is 0 Å². The van der Waals surface area contributed by atoms with Gasteiger partial charge in [0.15, 0.2) is 0 Å². The maximum Gasteiger partial charge on any atom is 0.311 e. The molecule has 4 heterocycles. The van der Waals surface area contributed by atoms with Gasteiger partial charge >= 0.3 is 5.97 Å². The van der Waals surface area contributed by atoms with Gasteiger partial charge in [-0.15, -0.1) is 11.8 Å². The molecule has 0 saturated carbocycles. The summed E-state index contributed by atoms with van der Waals surface area (Å²) < 4.78 is 4.03. The summed E-state index contributed by atoms with van der Waals surface area (Å²) >= 11 is 1.56. The van der Waals surface area contributed by atoms with Crippen LogP contribution in [-0.4, -0.2) is 82.7 Å². The molecule has 0 radical (unpaired) electrons. The number of benzene rings is 1. The molecule has 2 fully saturated rings. The Morgan fingerprint density at radius 1 is 1.03 bits per heavy atom. The van der Waals surface area contributed by atoms with Crippen molar-refractivity contribution >= 4 is 40.9 Å². The lowest BCUT2D eigenvalue weighted by molar-refractivity contribution is -0.154. The van der Waals surface area contributed by atoms with Crippen molar-refractivity contribution in [2.45, 2.75) is 55.6 Å². The molecule has 2 saturated heterocycles. The molecule has 5 atom stereocenters. The highest BCUT2D eigenvalue weighted by atomic mass is 32.2. The number of unbranched alkanes of at least 4 members (excludes halogenated alkanes) is 1. The molecular weight excluding hydrogens is 514 g/mol. The number of anilines is 2. The second-order valence-electron chi connectivity index (χ2n) is 10.9. The maximum atomic E-state index is 14.5. The molecule has 5 rings (SSSR count). The van der Waals surface area contributed by atoms with Crippen LogP contribution in [0.4, 0.5) is 11.4 Å². The lowest BCUT2D eigenvalue weighted by Gasteiger charge is -2.37. The number of fused-ring (bicyclic) bond motifs is 2. The van der Waals surface area contributed by atoms with Crippen LogP contribution in [0.3, 0.4) is 0 Å². The number of amides is 2. The summed E-state index contributed by atoms with van der Waals surface area (Å²) in [5.74, 6) is -2.07. The van der Waals surface area contributed by atoms with E-state index in [0.717, 1.165) is 24.5 Å². The highest BCUT2D eigenvalue weighted by molar-refractivity contribution is 8.02. The molecule has 4 aliphatic rings. The fourth-order valence-corrected chi connectivity index (χ4v) is 8.94. The van der Waals surface area contributed by atoms with Crippen LogP contribution in [-0.2, 0) is 19.1 Å². The highest BCUT2D eigenvalue weighted by Crippen LogP contribution is 2.65. The minimum absolute atomic E-state index is 0.0205. The molecule has 1 aromatic rings. The average Bonchev–Trinajstić information content (AvgIpc) is 3.23. The van der Waals surface area contributed by atoms with Gasteiger partial charge in [-0.3, -0.25) is 14.4 Å². The fourth-order valence-electron chi connectivity index (χ4n) is 6.79. The number of ether oxygens (including phenoxy) is 1. The minimum atomic E-state index is -0.892. The van der Waals surface area contributed by atoms with Crippen molar-refractivity contribution in [2.75, 3.05) is 49.2 Å². The highest BCUT2D eigenvalue weighted by Gasteiger charge is 2.73. The number of thioether (sulfide) groups is 1. The summed E-state index contributed by atoms with van der Waals surface area (Å²) in [4.78, 5) is 47.7. The molecule has 8 nitrogen and oxygen atoms in total. The van der Waals surface area contributed by atoms with E-state index in [0.29, 0.717) is 32.4 Å². The summed E-state index contributed by atoms with van der Waals surface area (Å²) in [5, 5.41) is 9.40. The SMILES string of the molecule is CCN(CC)c1ccc(N2CC=C[C@]34S[C@@]5(C)C=CCCOC(=O)[C@H]5[C@H]3C(=O)N(CCCCO)C4C2=O)cc1. The Labute approximate surface area is 235 Å². The Balaban J connectivity index is 1.56. The number of nitrogens with zero attached hydrogens (tertiary/aromatic N) is 3. The molecule has 2 amide bonds. The van der Waals surface area contributed by atoms with Gasteiger partial charge in [0.2, 0.25) is 5.91 Å². The van der Waals surface area contributed by atoms with Gasteiger partial charge in [-0.05, 0) is 64.3 Å². The Kier molecular flexibility index (Phi) is 7.84. The number of carbonyl (C=O) groups is 3. The minimum Gasteiger partial charge on any atom is -0.465 e. The van der Waals surface area contributed by atoms with E-state index in [-0.39, 0.29) is 31.0 Å². The largest absolute Gasteiger partial charge is 0.465 e. The molecule has 1 unspecified atom stereocenters. The van der Waals surface area contributed by atoms with Crippen molar-refractivity contribution in [3.8, 4) is 0 Å². The van der Waals surface area contributed by atoms with Gasteiger partial charge in [-0.25, -0.2) is 0 Å². The van der Waals surface area contributed by atoms with Crippen LogP contribution in [0.5, 0.6) is 0 Å². The average molecular weight is 554 g/mol. The zero-order valence-electron chi connectivity index (χ0n) is 23.0. The van der Waals surface area contributed by atoms with E-state index in [1.54, 1.807) is 21.6 Å². The van der Waals surface area contributed by atoms with E-state index >= 15 is 0 Å². The first-order valence-corrected chi connectivity index (χ1v) is 14.9. The molecule has 210 valence electrons. The quantitative estimate of drug-likeness (QED) is 0.300. The zero-order valence-corrected chi connectivity index (χ0v) is 23.9. The lowest BCUT2D eigenvalue weighted by Crippen LogP contribution is -2.53. The van der Waals surface area contributed by atoms with Gasteiger partial charge in [0, 0.05) is 48.9 Å². The van der Waals surface area contributed by atoms with Crippen LogP contribution in [0.2, 0.25) is 0 Å². The summed E-state index contributed by atoms with van der Waals surface area (Å²) in [6.07, 6.45) is 9.82. The topological polar surface area (TPSA) is 90.4 Å². The van der Waals surface area contributed by atoms with Crippen molar-refractivity contribution in [3.05, 3.63) is 48.6 Å². The normalized spacial score (nSPS) is 31.8. The van der Waals surface area contributed by atoms with Crippen LogP contribution < -0.4 is 9.80 Å². The van der Waals surface area contributed by atoms with E-state index < -0.39 is 27.4 Å². The summed E-state index contributed by atoms with van der Waals surface area (Å²) in [5.41, 5.74) is 1.88. The number of rotatable bonds is 8. The van der Waals surface area contributed by atoms with Crippen molar-refractivity contribution < 1.29 is 24.2 Å². The molecule has 39 heavy (non-hydrogen) atoms. The molecule has 1 N–H and O–H groups in total. The molecule has 0 bridgehead atoms. The van der Waals surface area contributed by atoms with Gasteiger partial charge in [-0.1, -0.05) is 24.3 Å². The van der Waals surface area contributed by atoms with Gasteiger partial charge in [0.1, 0.15) is 6.04 Å². The second-order valence-corrected chi connectivity index (χ2v) is 12.6. The van der Waals surface area contributed by atoms with E-state index in [9.17, 15) is 19.5 Å². The molecule has 1 aromatic carbocycles. The number of hydrogen-bond acceptors (Lipinski definition) is 7. The van der Waals surface area contributed by atoms with E-state index in [2.05, 4.69) is 18.7 Å². The number of aliphatic hydroxyl groups is 1. The number of aliphatic hydroxyl groups excluding tert-OH is 1. The molecule has 4 aliphatic heterocycles. The summed E-state index contributed by atoms with van der Waals surface area (Å²) in [6.45, 7) is 9.06. The second kappa shape index (κ2) is 11.0. The van der Waals surface area contributed by atoms with Crippen molar-refractivity contribution in [1.82, 2.24) is 4.90 Å². The maximum absolute atomic E-state index is 14.5. The molecule has 0 aliphatic carbocycles. The number of cyclic esters (lactones) is 1. The van der Waals surface area contributed by atoms with Crippen molar-refractivity contribution in [3.63, 3.8) is 0 Å². The first-order chi connectivity index (χ1) is 18.8. The zero-order chi connectivity index (χ0) is 27.8. The molecule has 1 spiro atoms. The number of likely N-dealkylation sites (tertiary alicyclic amines) is 1. The standard InChI is InChI=1S/C30H39N3O5S/c1-4-31(5-2)21-11-13-22(14-12-21)32-18-10-16-30-23(24-28(37)38-20-9-6-15-29(24,3)39-30)26(35)33(17-7-8-19-34)25(30)27(32)36/h6,10-16,23-25,34H,4-5,7-9,17-20H2,1-3H3/t23-,24+,25?,29-,30-/m0/s1. The third-order valence-corrected chi connectivity index (χ3v) is 10.4. The fraction of sp³-hybridized carbons (Fsp3) is 0.567. The van der Waals surface area contributed by atoms with Gasteiger partial charge < -0.3 is 24.5 Å². The smallest absolute Gasteiger partial charge is 0.311 e. The van der Waals surface area contributed by atoms with Crippen LogP contribution in [0.1, 0.15) is 40.0 Å². The predicted octanol–water partition coefficient (Wildman–Crippen LogP) is 3.40. The molecule has 0 aromatic heterocycles. The third-order valence-electron chi connectivity index (χ3n) is 8.62. The van der Waals surface area contributed by atoms with Crippen molar-refractivity contribution in [2.24, 2.45) is 11.8 Å². The van der Waals surface area contributed by atoms with Crippen LogP contribution in [0.15, 0.2) is 48.6 Å². The Morgan fingerprint density at radius 2 is 1.77 bits per heavy atom. The van der Waals surface area contributed by atoms with Crippen molar-refractivity contribution in [1.29, 1.82) is 0 Å². The first-order valence-electron chi connectivity index (χ1n) is 14.1. The third kappa shape index (κ3) is 4.57. The van der Waals surface area contributed by atoms with Crippen LogP contribution >= 0.6 is 11.8 Å². The Hall–Kier alpha value is -2.78. The Bertz CT molecular complexity index is 1170. The van der Waals surface area contributed by atoms with Crippen LogP contribution in [0, 0.1) is 11.8 Å². The van der Waals surface area contributed by atoms with Gasteiger partial charge in [0.25, 0.3) is 5.91 Å². The predicted molar refractivity (Wildman–Crippen MR) is 154 cm³/mol. The van der Waals surface area contributed by atoms with Gasteiger partial charge in [0.05, 0.1) is 23.2 Å². The number of esters is 1. The van der Waals surface area contributed by atoms with E-state index in [1.165, 1.54) is 0 Å². The van der Waals surface area contributed by atoms with Crippen LogP contribution in [0.25, 0.3) is 0 Å². The number of hydrogen-bond donors (Lipinski definition) is 1. The number of carbonyl (C=O) groups excluding carboxylic acids is 3. The van der Waals surface area contributed by atoms with E-state index in [1.807, 2.05) is 55.5 Å². The van der Waals surface area contributed by atoms with E-state index in [4.69, 9.17) is 4.74 Å². The summed E-state index contributed by atoms with van der Waals surface area (Å²) in [6, 6.07) is 7.26. The first kappa shape index (κ1) is 27.8. The lowest BCUT2D eigenvalue weighted by atomic mass is 9.74. The monoisotopic (exact) mass is 553 g/mol. The summed E-state index contributed by atoms with van der Waals surface area (Å²) in [7, 11) is 0. The Morgan fingerprint density at radius 3 is 2.46 bits per heavy atom. The molecule has 9 heteroatoms. The molecular formula is C30H39N3O5S.